The second kappa shape index (κ2) is 6.13. The van der Waals surface area contributed by atoms with Gasteiger partial charge in [0.1, 0.15) is 11.5 Å². The monoisotopic (exact) mass is 397 g/mol. The van der Waals surface area contributed by atoms with Gasteiger partial charge in [0, 0.05) is 17.2 Å². The summed E-state index contributed by atoms with van der Waals surface area (Å²) < 4.78 is 33.3. The molecule has 0 N–H and O–H groups in total. The molecule has 2 aromatic rings. The zero-order chi connectivity index (χ0) is 21.4. The largest absolute Gasteiger partial charge is 0.496 e. The van der Waals surface area contributed by atoms with Crippen molar-refractivity contribution >= 4 is 12.6 Å². The van der Waals surface area contributed by atoms with E-state index in [2.05, 4.69) is 18.8 Å². The molecule has 29 heavy (non-hydrogen) atoms. The summed E-state index contributed by atoms with van der Waals surface area (Å²) >= 11 is 0. The van der Waals surface area contributed by atoms with Gasteiger partial charge >= 0.3 is 7.12 Å². The molecule has 1 aromatic heterocycles. The van der Waals surface area contributed by atoms with Crippen LogP contribution in [-0.4, -0.2) is 23.3 Å². The number of ether oxygens (including phenoxy) is 1. The summed E-state index contributed by atoms with van der Waals surface area (Å²) in [5.74, 6) is -0.395. The highest BCUT2D eigenvalue weighted by molar-refractivity contribution is 6.62. The number of aromatic nitrogens is 1. The highest BCUT2D eigenvalue weighted by Gasteiger charge is 2.52. The van der Waals surface area contributed by atoms with Gasteiger partial charge in [-0.1, -0.05) is 12.1 Å². The lowest BCUT2D eigenvalue weighted by Crippen LogP contribution is -2.41. The van der Waals surface area contributed by atoms with E-state index in [0.717, 1.165) is 16.7 Å². The van der Waals surface area contributed by atoms with E-state index in [4.69, 9.17) is 14.0 Å². The Morgan fingerprint density at radius 2 is 1.41 bits per heavy atom. The van der Waals surface area contributed by atoms with Crippen molar-refractivity contribution in [2.24, 2.45) is 0 Å². The topological polar surface area (TPSA) is 40.6 Å². The maximum atomic E-state index is 15.1. The van der Waals surface area contributed by atoms with Gasteiger partial charge < -0.3 is 14.0 Å². The highest BCUT2D eigenvalue weighted by atomic mass is 19.1. The van der Waals surface area contributed by atoms with E-state index in [1.165, 1.54) is 6.07 Å². The van der Waals surface area contributed by atoms with Gasteiger partial charge in [0.05, 0.1) is 22.4 Å². The van der Waals surface area contributed by atoms with Crippen molar-refractivity contribution in [3.05, 3.63) is 47.4 Å². The van der Waals surface area contributed by atoms with Crippen molar-refractivity contribution in [1.82, 2.24) is 4.98 Å². The minimum absolute atomic E-state index is 0.313. The fourth-order valence-corrected chi connectivity index (χ4v) is 4.24. The molecule has 154 valence electrons. The first kappa shape index (κ1) is 20.5. The summed E-state index contributed by atoms with van der Waals surface area (Å²) in [6.07, 6.45) is 1.64. The van der Waals surface area contributed by atoms with Crippen molar-refractivity contribution in [3.63, 3.8) is 0 Å². The Hall–Kier alpha value is -1.76. The lowest BCUT2D eigenvalue weighted by atomic mass is 9.80. The molecular formula is C23H29BFNO3. The summed E-state index contributed by atoms with van der Waals surface area (Å²) in [5, 5.41) is 0. The Kier molecular flexibility index (Phi) is 4.33. The van der Waals surface area contributed by atoms with Crippen molar-refractivity contribution in [1.29, 1.82) is 0 Å². The van der Waals surface area contributed by atoms with Crippen molar-refractivity contribution in [2.75, 3.05) is 0 Å². The number of hydrogen-bond acceptors (Lipinski definition) is 4. The molecule has 0 amide bonds. The maximum absolute atomic E-state index is 15.1. The van der Waals surface area contributed by atoms with Gasteiger partial charge in [0.2, 0.25) is 0 Å². The van der Waals surface area contributed by atoms with Crippen molar-refractivity contribution in [2.45, 2.75) is 77.8 Å². The second-order valence-corrected chi connectivity index (χ2v) is 10.1. The molecule has 2 aliphatic rings. The molecule has 1 fully saturated rings. The Labute approximate surface area is 172 Å². The molecule has 1 aromatic carbocycles. The molecule has 0 unspecified atom stereocenters. The third kappa shape index (κ3) is 3.22. The number of halogens is 1. The third-order valence-electron chi connectivity index (χ3n) is 6.49. The standard InChI is InChI=1S/C23H29BFNO3/c1-20(2)16-10-9-14(11-17(16)21(3,4)27-20)19-18(25)12-15(13-26-19)24-28-22(5,6)23(7,8)29-24/h9-13H,1-8H3. The number of hydrogen-bond donors (Lipinski definition) is 0. The number of nitrogens with zero attached hydrogens (tertiary/aromatic N) is 1. The van der Waals surface area contributed by atoms with Crippen LogP contribution in [0.25, 0.3) is 11.3 Å². The summed E-state index contributed by atoms with van der Waals surface area (Å²) in [6, 6.07) is 7.38. The summed E-state index contributed by atoms with van der Waals surface area (Å²) in [7, 11) is -0.635. The first-order chi connectivity index (χ1) is 13.2. The average molecular weight is 397 g/mol. The molecule has 0 radical (unpaired) electrons. The molecule has 4 rings (SSSR count). The van der Waals surface area contributed by atoms with Crippen LogP contribution in [0.3, 0.4) is 0 Å². The second-order valence-electron chi connectivity index (χ2n) is 10.1. The van der Waals surface area contributed by atoms with E-state index >= 15 is 4.39 Å². The van der Waals surface area contributed by atoms with Crippen molar-refractivity contribution in [3.8, 4) is 11.3 Å². The minimum atomic E-state index is -0.635. The molecule has 0 atom stereocenters. The normalized spacial score (nSPS) is 23.3. The first-order valence-corrected chi connectivity index (χ1v) is 10.1. The molecule has 0 bridgehead atoms. The van der Waals surface area contributed by atoms with E-state index in [9.17, 15) is 0 Å². The number of pyridine rings is 1. The van der Waals surface area contributed by atoms with Gasteiger partial charge in [0.25, 0.3) is 0 Å². The molecule has 2 aliphatic heterocycles. The van der Waals surface area contributed by atoms with E-state index < -0.39 is 29.7 Å². The van der Waals surface area contributed by atoms with Crippen LogP contribution < -0.4 is 5.46 Å². The van der Waals surface area contributed by atoms with Gasteiger partial charge in [-0.15, -0.1) is 0 Å². The fraction of sp³-hybridized carbons (Fsp3) is 0.522. The van der Waals surface area contributed by atoms with Gasteiger partial charge in [-0.2, -0.15) is 0 Å². The zero-order valence-corrected chi connectivity index (χ0v) is 18.5. The Balaban J connectivity index is 1.69. The fourth-order valence-electron chi connectivity index (χ4n) is 4.24. The first-order valence-electron chi connectivity index (χ1n) is 10.1. The average Bonchev–Trinajstić information content (AvgIpc) is 2.92. The lowest BCUT2D eigenvalue weighted by Gasteiger charge is -2.32. The predicted molar refractivity (Wildman–Crippen MR) is 112 cm³/mol. The minimum Gasteiger partial charge on any atom is -0.399 e. The molecule has 1 saturated heterocycles. The van der Waals surface area contributed by atoms with E-state index in [0.29, 0.717) is 11.2 Å². The maximum Gasteiger partial charge on any atom is 0.496 e. The van der Waals surface area contributed by atoms with E-state index in [-0.39, 0.29) is 5.60 Å². The molecule has 6 heteroatoms. The van der Waals surface area contributed by atoms with Crippen LogP contribution in [0.4, 0.5) is 4.39 Å². The predicted octanol–water partition coefficient (Wildman–Crippen LogP) is 4.69. The Morgan fingerprint density at radius 3 is 2.00 bits per heavy atom. The van der Waals surface area contributed by atoms with Crippen LogP contribution in [0.5, 0.6) is 0 Å². The van der Waals surface area contributed by atoms with Crippen molar-refractivity contribution < 1.29 is 18.4 Å². The number of rotatable bonds is 2. The summed E-state index contributed by atoms with van der Waals surface area (Å²) in [5.41, 5.74) is 2.05. The van der Waals surface area contributed by atoms with Crippen LogP contribution in [0.15, 0.2) is 30.5 Å². The smallest absolute Gasteiger partial charge is 0.399 e. The quantitative estimate of drug-likeness (QED) is 0.690. The molecule has 0 spiro atoms. The van der Waals surface area contributed by atoms with E-state index in [1.807, 2.05) is 59.7 Å². The number of fused-ring (bicyclic) bond motifs is 1. The summed E-state index contributed by atoms with van der Waals surface area (Å²) in [6.45, 7) is 16.1. The zero-order valence-electron chi connectivity index (χ0n) is 18.5. The third-order valence-corrected chi connectivity index (χ3v) is 6.49. The van der Waals surface area contributed by atoms with Crippen LogP contribution in [0, 0.1) is 5.82 Å². The molecule has 4 nitrogen and oxygen atoms in total. The molecular weight excluding hydrogens is 368 g/mol. The summed E-state index contributed by atoms with van der Waals surface area (Å²) in [4.78, 5) is 4.42. The van der Waals surface area contributed by atoms with Gasteiger partial charge in [-0.25, -0.2) is 4.39 Å². The van der Waals surface area contributed by atoms with Crippen LogP contribution in [0.1, 0.15) is 66.5 Å². The highest BCUT2D eigenvalue weighted by Crippen LogP contribution is 2.47. The molecule has 3 heterocycles. The lowest BCUT2D eigenvalue weighted by molar-refractivity contribution is -0.105. The molecule has 0 aliphatic carbocycles. The van der Waals surface area contributed by atoms with Gasteiger partial charge in [0.15, 0.2) is 0 Å². The molecule has 0 saturated carbocycles. The van der Waals surface area contributed by atoms with Crippen LogP contribution in [0.2, 0.25) is 0 Å². The van der Waals surface area contributed by atoms with Crippen LogP contribution >= 0.6 is 0 Å². The number of benzene rings is 1. The Bertz CT molecular complexity index is 968. The van der Waals surface area contributed by atoms with E-state index in [1.54, 1.807) is 6.20 Å². The van der Waals surface area contributed by atoms with Crippen LogP contribution in [-0.2, 0) is 25.2 Å². The van der Waals surface area contributed by atoms with Gasteiger partial charge in [-0.3, -0.25) is 4.98 Å². The van der Waals surface area contributed by atoms with Gasteiger partial charge in [-0.05, 0) is 78.6 Å². The SMILES string of the molecule is CC1(C)OC(C)(C)c2cc(-c3ncc(B4OC(C)(C)C(C)(C)O4)cc3F)ccc21. The Morgan fingerprint density at radius 1 is 0.828 bits per heavy atom.